The van der Waals surface area contributed by atoms with E-state index >= 15 is 0 Å². The van der Waals surface area contributed by atoms with Crippen molar-refractivity contribution in [3.63, 3.8) is 0 Å². The Balaban J connectivity index is 1.14. The smallest absolute Gasteiger partial charge is 0.409 e. The molecule has 3 saturated heterocycles. The second-order valence-corrected chi connectivity index (χ2v) is 14.8. The van der Waals surface area contributed by atoms with Crippen LogP contribution in [0.25, 0.3) is 5.69 Å². The van der Waals surface area contributed by atoms with Gasteiger partial charge in [0.25, 0.3) is 11.8 Å². The van der Waals surface area contributed by atoms with Gasteiger partial charge in [-0.05, 0) is 57.6 Å². The Kier molecular flexibility index (Phi) is 12.9. The van der Waals surface area contributed by atoms with Crippen LogP contribution in [0.4, 0.5) is 4.79 Å². The van der Waals surface area contributed by atoms with Crippen LogP contribution in [-0.2, 0) is 33.4 Å². The second-order valence-electron chi connectivity index (χ2n) is 14.8. The van der Waals surface area contributed by atoms with Crippen LogP contribution in [0.5, 0.6) is 5.88 Å². The SMILES string of the molecule is CCOC(=O)N1CCN(C(=O)C(CCC(=O)OCC2(C)COC2)NC(=O)c2cc(OCC(=O)N3CCCC3C(=O)NC3CCC3)n(-c3ccccc3)n2)CC1. The van der Waals surface area contributed by atoms with Gasteiger partial charge in [0.1, 0.15) is 18.7 Å². The molecule has 55 heavy (non-hydrogen) atoms. The molecule has 1 aromatic carbocycles. The molecule has 1 saturated carbocycles. The van der Waals surface area contributed by atoms with E-state index in [1.54, 1.807) is 41.0 Å². The Morgan fingerprint density at radius 3 is 2.33 bits per heavy atom. The maximum Gasteiger partial charge on any atom is 0.409 e. The lowest BCUT2D eigenvalue weighted by atomic mass is 9.90. The molecule has 17 heteroatoms. The fraction of sp³-hybridized carbons (Fsp3) is 0.605. The van der Waals surface area contributed by atoms with Gasteiger partial charge in [-0.1, -0.05) is 25.1 Å². The summed E-state index contributed by atoms with van der Waals surface area (Å²) in [5.41, 5.74) is 0.221. The summed E-state index contributed by atoms with van der Waals surface area (Å²) in [6.07, 6.45) is 3.60. The minimum atomic E-state index is -1.12. The van der Waals surface area contributed by atoms with Crippen molar-refractivity contribution in [1.82, 2.24) is 35.1 Å². The number of likely N-dealkylation sites (tertiary alicyclic amines) is 1. The number of nitrogens with zero attached hydrogens (tertiary/aromatic N) is 5. The van der Waals surface area contributed by atoms with Crippen LogP contribution < -0.4 is 15.4 Å². The van der Waals surface area contributed by atoms with Gasteiger partial charge in [0.2, 0.25) is 17.7 Å². The van der Waals surface area contributed by atoms with E-state index in [9.17, 15) is 28.8 Å². The van der Waals surface area contributed by atoms with Crippen molar-refractivity contribution in [3.8, 4) is 11.6 Å². The van der Waals surface area contributed by atoms with Crippen LogP contribution in [0.2, 0.25) is 0 Å². The van der Waals surface area contributed by atoms with Crippen molar-refractivity contribution in [1.29, 1.82) is 0 Å². The number of carbonyl (C=O) groups is 6. The van der Waals surface area contributed by atoms with E-state index in [0.717, 1.165) is 19.3 Å². The van der Waals surface area contributed by atoms with Crippen LogP contribution in [-0.4, -0.2) is 144 Å². The van der Waals surface area contributed by atoms with Gasteiger partial charge in [-0.15, -0.1) is 0 Å². The number of rotatable bonds is 15. The first-order valence-electron chi connectivity index (χ1n) is 19.2. The highest BCUT2D eigenvalue weighted by Crippen LogP contribution is 2.27. The van der Waals surface area contributed by atoms with Gasteiger partial charge >= 0.3 is 12.1 Å². The summed E-state index contributed by atoms with van der Waals surface area (Å²) in [4.78, 5) is 83.7. The van der Waals surface area contributed by atoms with Gasteiger partial charge in [-0.3, -0.25) is 24.0 Å². The van der Waals surface area contributed by atoms with Crippen molar-refractivity contribution in [2.24, 2.45) is 5.41 Å². The number of aromatic nitrogens is 2. The van der Waals surface area contributed by atoms with E-state index in [1.807, 2.05) is 13.0 Å². The molecule has 3 aliphatic heterocycles. The zero-order valence-corrected chi connectivity index (χ0v) is 31.5. The topological polar surface area (TPSA) is 191 Å². The van der Waals surface area contributed by atoms with E-state index < -0.39 is 36.0 Å². The van der Waals surface area contributed by atoms with Crippen molar-refractivity contribution in [2.45, 2.75) is 76.9 Å². The van der Waals surface area contributed by atoms with Crippen molar-refractivity contribution >= 4 is 35.7 Å². The van der Waals surface area contributed by atoms with E-state index in [1.165, 1.54) is 15.6 Å². The third-order valence-corrected chi connectivity index (χ3v) is 10.4. The Hall–Kier alpha value is -5.19. The van der Waals surface area contributed by atoms with Gasteiger partial charge in [-0.25, -0.2) is 9.48 Å². The lowest BCUT2D eigenvalue weighted by Gasteiger charge is -2.37. The second kappa shape index (κ2) is 18.0. The van der Waals surface area contributed by atoms with E-state index in [0.29, 0.717) is 38.3 Å². The van der Waals surface area contributed by atoms with Gasteiger partial charge in [0.15, 0.2) is 12.3 Å². The number of ether oxygens (including phenoxy) is 4. The average molecular weight is 766 g/mol. The first-order valence-corrected chi connectivity index (χ1v) is 19.2. The highest BCUT2D eigenvalue weighted by atomic mass is 16.6. The summed E-state index contributed by atoms with van der Waals surface area (Å²) in [7, 11) is 0. The fourth-order valence-corrected chi connectivity index (χ4v) is 6.90. The Morgan fingerprint density at radius 2 is 1.67 bits per heavy atom. The number of amides is 5. The number of benzene rings is 1. The lowest BCUT2D eigenvalue weighted by molar-refractivity contribution is -0.165. The number of hydrogen-bond donors (Lipinski definition) is 2. The Bertz CT molecular complexity index is 1700. The zero-order valence-electron chi connectivity index (χ0n) is 31.5. The molecule has 1 aromatic heterocycles. The summed E-state index contributed by atoms with van der Waals surface area (Å²) in [6, 6.07) is 8.77. The zero-order chi connectivity index (χ0) is 39.0. The molecule has 4 aliphatic rings. The van der Waals surface area contributed by atoms with Crippen molar-refractivity contribution < 1.29 is 47.7 Å². The first-order chi connectivity index (χ1) is 26.5. The molecule has 2 atom stereocenters. The molecule has 298 valence electrons. The predicted octanol–water partition coefficient (Wildman–Crippen LogP) is 1.67. The first kappa shape index (κ1) is 39.5. The van der Waals surface area contributed by atoms with Crippen LogP contribution in [0, 0.1) is 5.41 Å². The fourth-order valence-electron chi connectivity index (χ4n) is 6.90. The van der Waals surface area contributed by atoms with Crippen molar-refractivity contribution in [2.75, 3.05) is 65.8 Å². The number of esters is 1. The van der Waals surface area contributed by atoms with Gasteiger partial charge < -0.3 is 44.3 Å². The molecule has 2 N–H and O–H groups in total. The monoisotopic (exact) mass is 765 g/mol. The summed E-state index contributed by atoms with van der Waals surface area (Å²) in [5, 5.41) is 10.3. The maximum absolute atomic E-state index is 13.9. The normalized spacial score (nSPS) is 19.7. The molecule has 6 rings (SSSR count). The highest BCUT2D eigenvalue weighted by Gasteiger charge is 2.37. The maximum atomic E-state index is 13.9. The molecule has 0 bridgehead atoms. The number of carbonyl (C=O) groups excluding carboxylic acids is 6. The molecule has 2 aromatic rings. The van der Waals surface area contributed by atoms with E-state index in [2.05, 4.69) is 15.7 Å². The summed E-state index contributed by atoms with van der Waals surface area (Å²) in [6.45, 7) is 6.02. The molecule has 5 amide bonds. The quantitative estimate of drug-likeness (QED) is 0.251. The number of para-hydroxylation sites is 1. The molecule has 1 aliphatic carbocycles. The van der Waals surface area contributed by atoms with E-state index in [4.69, 9.17) is 18.9 Å². The van der Waals surface area contributed by atoms with Crippen LogP contribution >= 0.6 is 0 Å². The minimum absolute atomic E-state index is 0.0444. The molecule has 17 nitrogen and oxygen atoms in total. The van der Waals surface area contributed by atoms with Crippen molar-refractivity contribution in [3.05, 3.63) is 42.1 Å². The predicted molar refractivity (Wildman–Crippen MR) is 195 cm³/mol. The van der Waals surface area contributed by atoms with Gasteiger partial charge in [-0.2, -0.15) is 5.10 Å². The Labute approximate surface area is 319 Å². The minimum Gasteiger partial charge on any atom is -0.467 e. The molecular weight excluding hydrogens is 714 g/mol. The van der Waals surface area contributed by atoms with Crippen LogP contribution in [0.3, 0.4) is 0 Å². The van der Waals surface area contributed by atoms with Crippen LogP contribution in [0.1, 0.15) is 69.3 Å². The third-order valence-electron chi connectivity index (χ3n) is 10.4. The highest BCUT2D eigenvalue weighted by molar-refractivity contribution is 5.96. The van der Waals surface area contributed by atoms with Crippen LogP contribution in [0.15, 0.2) is 36.4 Å². The average Bonchev–Trinajstić information content (AvgIpc) is 3.84. The number of piperazine rings is 1. The van der Waals surface area contributed by atoms with E-state index in [-0.39, 0.29) is 93.7 Å². The molecule has 0 radical (unpaired) electrons. The van der Waals surface area contributed by atoms with Gasteiger partial charge in [0, 0.05) is 56.7 Å². The molecule has 4 heterocycles. The molecule has 0 spiro atoms. The molecule has 4 fully saturated rings. The molecular formula is C38H51N7O10. The third kappa shape index (κ3) is 9.92. The standard InChI is InChI=1S/C38H51N7O10/c1-3-53-37(51)43-19-17-42(18-20-43)36(50)28(14-15-33(47)55-25-38(2)23-52-24-38)40-34(48)29-21-32(45(41-29)27-11-5-4-6-12-27)54-22-31(46)44-16-8-13-30(44)35(49)39-26-9-7-10-26/h4-6,11-12,21,26,28,30H,3,7-10,13-20,22-25H2,1-2H3,(H,39,49)(H,40,48). The summed E-state index contributed by atoms with van der Waals surface area (Å²) in [5.74, 6) is -2.04. The summed E-state index contributed by atoms with van der Waals surface area (Å²) >= 11 is 0. The summed E-state index contributed by atoms with van der Waals surface area (Å²) < 4.78 is 23.2. The molecule has 2 unspecified atom stereocenters. The number of nitrogens with one attached hydrogen (secondary N) is 2. The van der Waals surface area contributed by atoms with Gasteiger partial charge in [0.05, 0.1) is 25.5 Å². The Morgan fingerprint density at radius 1 is 0.945 bits per heavy atom. The number of hydrogen-bond acceptors (Lipinski definition) is 11. The largest absolute Gasteiger partial charge is 0.467 e. The lowest BCUT2D eigenvalue weighted by Crippen LogP contribution is -2.56.